The van der Waals surface area contributed by atoms with Gasteiger partial charge in [0, 0.05) is 28.5 Å². The molecular formula is C16H16N2O. The summed E-state index contributed by atoms with van der Waals surface area (Å²) in [4.78, 5) is 4.43. The maximum absolute atomic E-state index is 5.15. The lowest BCUT2D eigenvalue weighted by atomic mass is 10.2. The maximum Gasteiger partial charge on any atom is 0.213 e. The minimum atomic E-state index is 0.647. The van der Waals surface area contributed by atoms with Gasteiger partial charge >= 0.3 is 0 Å². The summed E-state index contributed by atoms with van der Waals surface area (Å²) in [5.74, 6) is 0.647. The zero-order valence-electron chi connectivity index (χ0n) is 11.3. The van der Waals surface area contributed by atoms with E-state index in [2.05, 4.69) is 47.7 Å². The van der Waals surface area contributed by atoms with Gasteiger partial charge in [0.1, 0.15) is 0 Å². The summed E-state index contributed by atoms with van der Waals surface area (Å²) in [7, 11) is 1.63. The van der Waals surface area contributed by atoms with Crippen LogP contribution in [0.25, 0.3) is 16.6 Å². The molecule has 3 nitrogen and oxygen atoms in total. The van der Waals surface area contributed by atoms with Gasteiger partial charge in [0.2, 0.25) is 5.88 Å². The summed E-state index contributed by atoms with van der Waals surface area (Å²) in [6.45, 7) is 4.23. The number of nitrogens with zero attached hydrogens (tertiary/aromatic N) is 2. The highest BCUT2D eigenvalue weighted by Crippen LogP contribution is 2.22. The average molecular weight is 252 g/mol. The second-order valence-corrected chi connectivity index (χ2v) is 4.68. The lowest BCUT2D eigenvalue weighted by Gasteiger charge is -2.10. The van der Waals surface area contributed by atoms with E-state index < -0.39 is 0 Å². The molecule has 0 fully saturated rings. The molecule has 19 heavy (non-hydrogen) atoms. The molecule has 0 aliphatic rings. The number of ether oxygens (including phenoxy) is 1. The highest BCUT2D eigenvalue weighted by Gasteiger charge is 2.05. The van der Waals surface area contributed by atoms with Gasteiger partial charge in [-0.3, -0.25) is 0 Å². The van der Waals surface area contributed by atoms with Gasteiger partial charge in [0.05, 0.1) is 12.6 Å². The maximum atomic E-state index is 5.15. The Morgan fingerprint density at radius 2 is 1.68 bits per heavy atom. The van der Waals surface area contributed by atoms with Crippen molar-refractivity contribution in [2.75, 3.05) is 7.11 Å². The molecule has 0 aliphatic carbocycles. The van der Waals surface area contributed by atoms with Crippen LogP contribution in [0, 0.1) is 13.8 Å². The third-order valence-electron chi connectivity index (χ3n) is 3.39. The number of aromatic nitrogens is 2. The highest BCUT2D eigenvalue weighted by molar-refractivity contribution is 5.81. The molecule has 96 valence electrons. The Morgan fingerprint density at radius 3 is 2.37 bits per heavy atom. The molecule has 0 aliphatic heterocycles. The van der Waals surface area contributed by atoms with Gasteiger partial charge in [0.15, 0.2) is 0 Å². The van der Waals surface area contributed by atoms with Crippen molar-refractivity contribution >= 4 is 10.9 Å². The molecule has 2 heterocycles. The highest BCUT2D eigenvalue weighted by atomic mass is 16.5. The minimum absolute atomic E-state index is 0.647. The molecule has 0 spiro atoms. The van der Waals surface area contributed by atoms with E-state index in [0.717, 1.165) is 10.9 Å². The Labute approximate surface area is 112 Å². The van der Waals surface area contributed by atoms with Crippen LogP contribution in [-0.4, -0.2) is 16.7 Å². The summed E-state index contributed by atoms with van der Waals surface area (Å²) in [5.41, 5.74) is 4.58. The molecule has 2 aromatic heterocycles. The summed E-state index contributed by atoms with van der Waals surface area (Å²) < 4.78 is 7.39. The third-order valence-corrected chi connectivity index (χ3v) is 3.39. The predicted octanol–water partition coefficient (Wildman–Crippen LogP) is 3.65. The van der Waals surface area contributed by atoms with Gasteiger partial charge in [-0.05, 0) is 50.2 Å². The fourth-order valence-corrected chi connectivity index (χ4v) is 2.42. The van der Waals surface area contributed by atoms with Crippen molar-refractivity contribution < 1.29 is 4.74 Å². The number of hydrogen-bond acceptors (Lipinski definition) is 2. The molecule has 0 bridgehead atoms. The standard InChI is InChI=1S/C16H16N2O/c1-11-4-5-12(2)18(11)14-7-8-15-13(10-14)6-9-16(17-15)19-3/h4-10H,1-3H3. The normalized spacial score (nSPS) is 10.9. The van der Waals surface area contributed by atoms with Gasteiger partial charge in [-0.25, -0.2) is 4.98 Å². The Bertz CT molecular complexity index is 724. The minimum Gasteiger partial charge on any atom is -0.481 e. The Kier molecular flexibility index (Phi) is 2.75. The molecular weight excluding hydrogens is 236 g/mol. The summed E-state index contributed by atoms with van der Waals surface area (Å²) in [5, 5.41) is 1.12. The zero-order valence-corrected chi connectivity index (χ0v) is 11.3. The van der Waals surface area contributed by atoms with E-state index in [1.165, 1.54) is 17.1 Å². The molecule has 0 radical (unpaired) electrons. The van der Waals surface area contributed by atoms with Crippen LogP contribution in [0.3, 0.4) is 0 Å². The zero-order chi connectivity index (χ0) is 13.4. The van der Waals surface area contributed by atoms with Crippen LogP contribution < -0.4 is 4.74 Å². The van der Waals surface area contributed by atoms with Gasteiger partial charge in [-0.1, -0.05) is 0 Å². The molecule has 1 aromatic carbocycles. The summed E-state index contributed by atoms with van der Waals surface area (Å²) >= 11 is 0. The van der Waals surface area contributed by atoms with Crippen LogP contribution in [0.4, 0.5) is 0 Å². The Morgan fingerprint density at radius 1 is 0.947 bits per heavy atom. The average Bonchev–Trinajstić information content (AvgIpc) is 2.77. The summed E-state index contributed by atoms with van der Waals surface area (Å²) in [6.07, 6.45) is 0. The first-order chi connectivity index (χ1) is 9.19. The molecule has 0 unspecified atom stereocenters. The molecule has 3 rings (SSSR count). The van der Waals surface area contributed by atoms with E-state index in [0.29, 0.717) is 5.88 Å². The van der Waals surface area contributed by atoms with Crippen molar-refractivity contribution in [1.29, 1.82) is 0 Å². The van der Waals surface area contributed by atoms with Crippen LogP contribution >= 0.6 is 0 Å². The van der Waals surface area contributed by atoms with Crippen molar-refractivity contribution in [3.8, 4) is 11.6 Å². The van der Waals surface area contributed by atoms with E-state index in [9.17, 15) is 0 Å². The lowest BCUT2D eigenvalue weighted by molar-refractivity contribution is 0.399. The largest absolute Gasteiger partial charge is 0.481 e. The van der Waals surface area contributed by atoms with E-state index in [4.69, 9.17) is 4.74 Å². The second kappa shape index (κ2) is 4.43. The van der Waals surface area contributed by atoms with Crippen LogP contribution in [0.5, 0.6) is 5.88 Å². The number of aryl methyl sites for hydroxylation is 2. The smallest absolute Gasteiger partial charge is 0.213 e. The van der Waals surface area contributed by atoms with Gasteiger partial charge in [-0.15, -0.1) is 0 Å². The monoisotopic (exact) mass is 252 g/mol. The second-order valence-electron chi connectivity index (χ2n) is 4.68. The first-order valence-electron chi connectivity index (χ1n) is 6.29. The number of benzene rings is 1. The van der Waals surface area contributed by atoms with Crippen LogP contribution in [0.1, 0.15) is 11.4 Å². The van der Waals surface area contributed by atoms with E-state index >= 15 is 0 Å². The third kappa shape index (κ3) is 1.97. The van der Waals surface area contributed by atoms with Gasteiger partial charge in [-0.2, -0.15) is 0 Å². The topological polar surface area (TPSA) is 27.1 Å². The number of methoxy groups -OCH3 is 1. The van der Waals surface area contributed by atoms with Crippen molar-refractivity contribution in [3.05, 3.63) is 53.9 Å². The molecule has 3 heteroatoms. The van der Waals surface area contributed by atoms with Crippen LogP contribution in [0.15, 0.2) is 42.5 Å². The number of hydrogen-bond donors (Lipinski definition) is 0. The first-order valence-corrected chi connectivity index (χ1v) is 6.29. The van der Waals surface area contributed by atoms with Gasteiger partial charge in [0.25, 0.3) is 0 Å². The number of rotatable bonds is 2. The molecule has 0 N–H and O–H groups in total. The van der Waals surface area contributed by atoms with Gasteiger partial charge < -0.3 is 9.30 Å². The predicted molar refractivity (Wildman–Crippen MR) is 77.1 cm³/mol. The SMILES string of the molecule is COc1ccc2cc(-n3c(C)ccc3C)ccc2n1. The molecule has 3 aromatic rings. The summed E-state index contributed by atoms with van der Waals surface area (Å²) in [6, 6.07) is 14.5. The van der Waals surface area contributed by atoms with Crippen molar-refractivity contribution in [1.82, 2.24) is 9.55 Å². The lowest BCUT2D eigenvalue weighted by Crippen LogP contribution is -1.98. The van der Waals surface area contributed by atoms with E-state index in [1.807, 2.05) is 18.2 Å². The molecule has 0 saturated carbocycles. The van der Waals surface area contributed by atoms with Crippen LogP contribution in [0.2, 0.25) is 0 Å². The molecule has 0 amide bonds. The fourth-order valence-electron chi connectivity index (χ4n) is 2.42. The van der Waals surface area contributed by atoms with Crippen molar-refractivity contribution in [2.45, 2.75) is 13.8 Å². The molecule has 0 saturated heterocycles. The molecule has 0 atom stereocenters. The Balaban J connectivity index is 2.17. The van der Waals surface area contributed by atoms with Crippen molar-refractivity contribution in [2.24, 2.45) is 0 Å². The Hall–Kier alpha value is -2.29. The van der Waals surface area contributed by atoms with Crippen LogP contribution in [-0.2, 0) is 0 Å². The fraction of sp³-hybridized carbons (Fsp3) is 0.188. The first kappa shape index (κ1) is 11.8. The van der Waals surface area contributed by atoms with Crippen molar-refractivity contribution in [3.63, 3.8) is 0 Å². The number of pyridine rings is 1. The number of fused-ring (bicyclic) bond motifs is 1. The van der Waals surface area contributed by atoms with E-state index in [1.54, 1.807) is 7.11 Å². The van der Waals surface area contributed by atoms with E-state index in [-0.39, 0.29) is 0 Å². The quantitative estimate of drug-likeness (QED) is 0.696.